The molecule has 1 aromatic carbocycles. The van der Waals surface area contributed by atoms with Gasteiger partial charge in [0.1, 0.15) is 11.6 Å². The molecular formula is C16H21FN2O3. The van der Waals surface area contributed by atoms with E-state index in [1.54, 1.807) is 6.07 Å². The molecule has 0 spiro atoms. The second-order valence-corrected chi connectivity index (χ2v) is 5.52. The Morgan fingerprint density at radius 3 is 2.68 bits per heavy atom. The first-order valence-electron chi connectivity index (χ1n) is 7.58. The summed E-state index contributed by atoms with van der Waals surface area (Å²) in [4.78, 5) is 23.7. The number of nitrogens with one attached hydrogen (secondary N) is 2. The summed E-state index contributed by atoms with van der Waals surface area (Å²) >= 11 is 0. The molecule has 5 nitrogen and oxygen atoms in total. The number of carbonyl (C=O) groups is 2. The molecule has 0 saturated heterocycles. The van der Waals surface area contributed by atoms with Crippen molar-refractivity contribution >= 4 is 11.9 Å². The number of amides is 3. The van der Waals surface area contributed by atoms with Crippen molar-refractivity contribution in [3.05, 3.63) is 30.1 Å². The number of rotatable bonds is 4. The fraction of sp³-hybridized carbons (Fsp3) is 0.500. The van der Waals surface area contributed by atoms with Crippen LogP contribution in [-0.4, -0.2) is 24.1 Å². The number of imide groups is 1. The lowest BCUT2D eigenvalue weighted by Gasteiger charge is -2.23. The van der Waals surface area contributed by atoms with Crippen molar-refractivity contribution in [3.63, 3.8) is 0 Å². The van der Waals surface area contributed by atoms with Crippen LogP contribution in [-0.2, 0) is 4.79 Å². The van der Waals surface area contributed by atoms with Gasteiger partial charge >= 0.3 is 6.03 Å². The Hall–Kier alpha value is -2.11. The molecule has 1 aromatic rings. The smallest absolute Gasteiger partial charge is 0.321 e. The standard InChI is InChI=1S/C16H21FN2O3/c1-11(22-14-9-5-6-12(17)10-14)15(20)19-16(21)18-13-7-3-2-4-8-13/h5-6,9-11,13H,2-4,7-8H2,1H3,(H2,18,19,20,21)/t11-/m0/s1. The summed E-state index contributed by atoms with van der Waals surface area (Å²) in [6.07, 6.45) is 4.38. The minimum Gasteiger partial charge on any atom is -0.481 e. The summed E-state index contributed by atoms with van der Waals surface area (Å²) in [7, 11) is 0. The van der Waals surface area contributed by atoms with Gasteiger partial charge in [0.15, 0.2) is 6.10 Å². The van der Waals surface area contributed by atoms with Crippen LogP contribution in [0.4, 0.5) is 9.18 Å². The molecule has 0 unspecified atom stereocenters. The molecule has 0 heterocycles. The molecule has 2 rings (SSSR count). The van der Waals surface area contributed by atoms with E-state index >= 15 is 0 Å². The average molecular weight is 308 g/mol. The fourth-order valence-electron chi connectivity index (χ4n) is 2.48. The van der Waals surface area contributed by atoms with Gasteiger partial charge in [0, 0.05) is 12.1 Å². The van der Waals surface area contributed by atoms with Crippen LogP contribution in [0, 0.1) is 5.82 Å². The predicted molar refractivity (Wildman–Crippen MR) is 80.0 cm³/mol. The Kier molecular flexibility index (Phi) is 5.75. The zero-order valence-corrected chi connectivity index (χ0v) is 12.6. The van der Waals surface area contributed by atoms with E-state index in [0.717, 1.165) is 25.7 Å². The molecular weight excluding hydrogens is 287 g/mol. The van der Waals surface area contributed by atoms with Gasteiger partial charge in [-0.15, -0.1) is 0 Å². The number of ether oxygens (including phenoxy) is 1. The van der Waals surface area contributed by atoms with E-state index in [-0.39, 0.29) is 11.8 Å². The lowest BCUT2D eigenvalue weighted by Crippen LogP contribution is -2.48. The van der Waals surface area contributed by atoms with Crippen molar-refractivity contribution in [1.29, 1.82) is 0 Å². The molecule has 0 bridgehead atoms. The summed E-state index contributed by atoms with van der Waals surface area (Å²) in [6.45, 7) is 1.51. The van der Waals surface area contributed by atoms with Gasteiger partial charge in [0.05, 0.1) is 0 Å². The maximum atomic E-state index is 13.0. The molecule has 1 aliphatic carbocycles. The van der Waals surface area contributed by atoms with Crippen molar-refractivity contribution < 1.29 is 18.7 Å². The highest BCUT2D eigenvalue weighted by molar-refractivity contribution is 5.96. The number of halogens is 1. The molecule has 1 fully saturated rings. The quantitative estimate of drug-likeness (QED) is 0.898. The van der Waals surface area contributed by atoms with E-state index in [4.69, 9.17) is 4.74 Å². The number of urea groups is 1. The van der Waals surface area contributed by atoms with E-state index < -0.39 is 23.9 Å². The van der Waals surface area contributed by atoms with Crippen molar-refractivity contribution in [2.75, 3.05) is 0 Å². The molecule has 1 saturated carbocycles. The highest BCUT2D eigenvalue weighted by Crippen LogP contribution is 2.17. The Morgan fingerprint density at radius 1 is 1.27 bits per heavy atom. The van der Waals surface area contributed by atoms with Gasteiger partial charge < -0.3 is 10.1 Å². The molecule has 0 radical (unpaired) electrons. The van der Waals surface area contributed by atoms with E-state index in [1.807, 2.05) is 0 Å². The lowest BCUT2D eigenvalue weighted by atomic mass is 9.96. The molecule has 0 aliphatic heterocycles. The summed E-state index contributed by atoms with van der Waals surface area (Å²) in [5, 5.41) is 5.05. The Morgan fingerprint density at radius 2 is 2.00 bits per heavy atom. The first-order chi connectivity index (χ1) is 10.5. The third-order valence-corrected chi connectivity index (χ3v) is 3.66. The SMILES string of the molecule is C[C@H](Oc1cccc(F)c1)C(=O)NC(=O)NC1CCCCC1. The number of benzene rings is 1. The van der Waals surface area contributed by atoms with Gasteiger partial charge in [-0.2, -0.15) is 0 Å². The van der Waals surface area contributed by atoms with Crippen molar-refractivity contribution in [2.45, 2.75) is 51.2 Å². The van der Waals surface area contributed by atoms with Gasteiger partial charge in [0.2, 0.25) is 0 Å². The third-order valence-electron chi connectivity index (χ3n) is 3.66. The summed E-state index contributed by atoms with van der Waals surface area (Å²) in [5.41, 5.74) is 0. The molecule has 2 N–H and O–H groups in total. The molecule has 0 aromatic heterocycles. The highest BCUT2D eigenvalue weighted by Gasteiger charge is 2.20. The third kappa shape index (κ3) is 5.02. The maximum Gasteiger partial charge on any atom is 0.321 e. The van der Waals surface area contributed by atoms with E-state index in [1.165, 1.54) is 31.5 Å². The van der Waals surface area contributed by atoms with E-state index in [2.05, 4.69) is 10.6 Å². The Balaban J connectivity index is 1.79. The van der Waals surface area contributed by atoms with Crippen molar-refractivity contribution in [2.24, 2.45) is 0 Å². The molecule has 1 atom stereocenters. The second-order valence-electron chi connectivity index (χ2n) is 5.52. The molecule has 6 heteroatoms. The van der Waals surface area contributed by atoms with Crippen LogP contribution < -0.4 is 15.4 Å². The average Bonchev–Trinajstić information content (AvgIpc) is 2.48. The van der Waals surface area contributed by atoms with Crippen molar-refractivity contribution in [3.8, 4) is 5.75 Å². The van der Waals surface area contributed by atoms with Crippen LogP contribution in [0.5, 0.6) is 5.75 Å². The minimum absolute atomic E-state index is 0.126. The van der Waals surface area contributed by atoms with Gasteiger partial charge in [-0.3, -0.25) is 10.1 Å². The summed E-state index contributed by atoms with van der Waals surface area (Å²) in [6, 6.07) is 5.13. The minimum atomic E-state index is -0.890. The molecule has 120 valence electrons. The van der Waals surface area contributed by atoms with Gasteiger partial charge in [-0.1, -0.05) is 25.3 Å². The first kappa shape index (κ1) is 16.3. The summed E-state index contributed by atoms with van der Waals surface area (Å²) in [5.74, 6) is -0.756. The number of carbonyl (C=O) groups excluding carboxylic acids is 2. The largest absolute Gasteiger partial charge is 0.481 e. The normalized spacial score (nSPS) is 16.6. The maximum absolute atomic E-state index is 13.0. The monoisotopic (exact) mass is 308 g/mol. The van der Waals surface area contributed by atoms with E-state index in [9.17, 15) is 14.0 Å². The second kappa shape index (κ2) is 7.77. The Bertz CT molecular complexity index is 530. The van der Waals surface area contributed by atoms with Crippen molar-refractivity contribution in [1.82, 2.24) is 10.6 Å². The molecule has 22 heavy (non-hydrogen) atoms. The topological polar surface area (TPSA) is 67.4 Å². The van der Waals surface area contributed by atoms with E-state index in [0.29, 0.717) is 0 Å². The van der Waals surface area contributed by atoms with Crippen LogP contribution in [0.15, 0.2) is 24.3 Å². The van der Waals surface area contributed by atoms with Crippen LogP contribution in [0.3, 0.4) is 0 Å². The molecule has 1 aliphatic rings. The lowest BCUT2D eigenvalue weighted by molar-refractivity contribution is -0.126. The number of hydrogen-bond donors (Lipinski definition) is 2. The van der Waals surface area contributed by atoms with Gasteiger partial charge in [-0.25, -0.2) is 9.18 Å². The van der Waals surface area contributed by atoms with Gasteiger partial charge in [0.25, 0.3) is 5.91 Å². The fourth-order valence-corrected chi connectivity index (χ4v) is 2.48. The Labute approximate surface area is 129 Å². The zero-order chi connectivity index (χ0) is 15.9. The van der Waals surface area contributed by atoms with Crippen LogP contribution in [0.25, 0.3) is 0 Å². The highest BCUT2D eigenvalue weighted by atomic mass is 19.1. The van der Waals surface area contributed by atoms with Crippen LogP contribution in [0.2, 0.25) is 0 Å². The predicted octanol–water partition coefficient (Wildman–Crippen LogP) is 2.75. The molecule has 3 amide bonds. The first-order valence-corrected chi connectivity index (χ1v) is 7.58. The zero-order valence-electron chi connectivity index (χ0n) is 12.6. The van der Waals surface area contributed by atoms with Gasteiger partial charge in [-0.05, 0) is 31.9 Å². The summed E-state index contributed by atoms with van der Waals surface area (Å²) < 4.78 is 18.4. The van der Waals surface area contributed by atoms with Crippen LogP contribution >= 0.6 is 0 Å². The number of hydrogen-bond acceptors (Lipinski definition) is 3. The van der Waals surface area contributed by atoms with Crippen LogP contribution in [0.1, 0.15) is 39.0 Å².